The van der Waals surface area contributed by atoms with Gasteiger partial charge in [0.25, 0.3) is 0 Å². The predicted octanol–water partition coefficient (Wildman–Crippen LogP) is 6.51. The Morgan fingerprint density at radius 2 is 1.56 bits per heavy atom. The summed E-state index contributed by atoms with van der Waals surface area (Å²) in [5.41, 5.74) is 7.88. The van der Waals surface area contributed by atoms with Crippen LogP contribution < -0.4 is 10.8 Å². The van der Waals surface area contributed by atoms with Crippen molar-refractivity contribution in [1.29, 1.82) is 0 Å². The van der Waals surface area contributed by atoms with E-state index in [1.807, 2.05) is 12.1 Å². The van der Waals surface area contributed by atoms with Crippen molar-refractivity contribution in [3.63, 3.8) is 0 Å². The van der Waals surface area contributed by atoms with Crippen LogP contribution in [0.15, 0.2) is 48.5 Å². The van der Waals surface area contributed by atoms with Crippen molar-refractivity contribution in [2.45, 2.75) is 51.4 Å². The summed E-state index contributed by atoms with van der Waals surface area (Å²) in [6.07, 6.45) is 6.99. The Balaban J connectivity index is 1.50. The number of hydrogen-bond acceptors (Lipinski definition) is 3. The van der Waals surface area contributed by atoms with Gasteiger partial charge in [-0.3, -0.25) is 10.3 Å². The van der Waals surface area contributed by atoms with Gasteiger partial charge in [-0.25, -0.2) is 0 Å². The lowest BCUT2D eigenvalue weighted by Gasteiger charge is -2.47. The molecule has 144 valence electrons. The molecule has 2 N–H and O–H groups in total. The summed E-state index contributed by atoms with van der Waals surface area (Å²) in [4.78, 5) is 4.95. The summed E-state index contributed by atoms with van der Waals surface area (Å²) >= 11 is 0. The fraction of sp³-hybridized carbons (Fsp3) is 0.500. The maximum absolute atomic E-state index is 4.95. The highest BCUT2D eigenvalue weighted by Gasteiger charge is 2.41. The number of hydrogen-bond donors (Lipinski definition) is 2. The van der Waals surface area contributed by atoms with E-state index in [0.717, 1.165) is 29.1 Å². The normalized spacial score (nSPS) is 30.0. The number of anilines is 3. The standard InChI is InChI=1S/C24H32N2O/c1-17-11-18-13-19(12-17)16-24(2,15-18)20-5-4-6-23(14-20)25-21-7-9-22(10-8-21)26-27-3/h4-10,14,17-19,25-26H,11-13,15-16H2,1-3H3. The molecular weight excluding hydrogens is 332 g/mol. The summed E-state index contributed by atoms with van der Waals surface area (Å²) in [5, 5.41) is 3.56. The fourth-order valence-electron chi connectivity index (χ4n) is 5.70. The third-order valence-electron chi connectivity index (χ3n) is 6.57. The Kier molecular flexibility index (Phi) is 5.14. The molecule has 2 saturated carbocycles. The average molecular weight is 365 g/mol. The van der Waals surface area contributed by atoms with Crippen molar-refractivity contribution in [1.82, 2.24) is 0 Å². The summed E-state index contributed by atoms with van der Waals surface area (Å²) in [6, 6.07) is 17.2. The molecule has 3 heteroatoms. The van der Waals surface area contributed by atoms with Crippen LogP contribution in [0, 0.1) is 17.8 Å². The molecule has 2 atom stereocenters. The quantitative estimate of drug-likeness (QED) is 0.594. The molecule has 4 rings (SSSR count). The highest BCUT2D eigenvalue weighted by Crippen LogP contribution is 2.51. The van der Waals surface area contributed by atoms with Crippen LogP contribution in [0.3, 0.4) is 0 Å². The van der Waals surface area contributed by atoms with E-state index in [4.69, 9.17) is 4.84 Å². The first-order valence-corrected chi connectivity index (χ1v) is 10.3. The zero-order valence-electron chi connectivity index (χ0n) is 16.8. The van der Waals surface area contributed by atoms with Crippen LogP contribution in [-0.2, 0) is 10.3 Å². The topological polar surface area (TPSA) is 33.3 Å². The van der Waals surface area contributed by atoms with E-state index in [-0.39, 0.29) is 0 Å². The van der Waals surface area contributed by atoms with E-state index < -0.39 is 0 Å². The zero-order chi connectivity index (χ0) is 18.9. The molecule has 0 aromatic heterocycles. The maximum Gasteiger partial charge on any atom is 0.0636 e. The molecule has 3 nitrogen and oxygen atoms in total. The van der Waals surface area contributed by atoms with Gasteiger partial charge in [0.05, 0.1) is 12.8 Å². The number of benzene rings is 2. The fourth-order valence-corrected chi connectivity index (χ4v) is 5.70. The van der Waals surface area contributed by atoms with Crippen molar-refractivity contribution in [3.05, 3.63) is 54.1 Å². The van der Waals surface area contributed by atoms with Gasteiger partial charge in [-0.1, -0.05) is 26.0 Å². The third kappa shape index (κ3) is 4.14. The van der Waals surface area contributed by atoms with Gasteiger partial charge in [-0.2, -0.15) is 0 Å². The minimum atomic E-state index is 0.317. The van der Waals surface area contributed by atoms with Crippen molar-refractivity contribution in [2.75, 3.05) is 17.9 Å². The first-order valence-electron chi connectivity index (χ1n) is 10.3. The number of fused-ring (bicyclic) bond motifs is 2. The lowest BCUT2D eigenvalue weighted by molar-refractivity contribution is 0.0899. The summed E-state index contributed by atoms with van der Waals surface area (Å²) in [7, 11) is 1.62. The second kappa shape index (κ2) is 7.55. The molecule has 0 spiro atoms. The van der Waals surface area contributed by atoms with Crippen LogP contribution in [0.4, 0.5) is 17.1 Å². The van der Waals surface area contributed by atoms with Gasteiger partial charge in [-0.05, 0) is 97.2 Å². The maximum atomic E-state index is 4.95. The molecule has 2 aliphatic rings. The summed E-state index contributed by atoms with van der Waals surface area (Å²) < 4.78 is 0. The van der Waals surface area contributed by atoms with Crippen LogP contribution in [0.2, 0.25) is 0 Å². The van der Waals surface area contributed by atoms with E-state index >= 15 is 0 Å². The molecule has 2 aromatic carbocycles. The minimum absolute atomic E-state index is 0.317. The van der Waals surface area contributed by atoms with Crippen molar-refractivity contribution in [2.24, 2.45) is 17.8 Å². The van der Waals surface area contributed by atoms with E-state index in [2.05, 4.69) is 61.0 Å². The van der Waals surface area contributed by atoms with Gasteiger partial charge in [0.1, 0.15) is 0 Å². The average Bonchev–Trinajstić information content (AvgIpc) is 2.63. The largest absolute Gasteiger partial charge is 0.356 e. The highest BCUT2D eigenvalue weighted by atomic mass is 16.6. The first-order chi connectivity index (χ1) is 13.0. The molecule has 2 aromatic rings. The molecule has 0 aliphatic heterocycles. The SMILES string of the molecule is CONc1ccc(Nc2cccc(C3(C)CC4CC(C)CC(C4)C3)c2)cc1. The van der Waals surface area contributed by atoms with Crippen LogP contribution in [-0.4, -0.2) is 7.11 Å². The smallest absolute Gasteiger partial charge is 0.0636 e. The molecule has 2 aliphatic carbocycles. The van der Waals surface area contributed by atoms with E-state index in [9.17, 15) is 0 Å². The van der Waals surface area contributed by atoms with Crippen LogP contribution in [0.25, 0.3) is 0 Å². The Labute approximate surface area is 163 Å². The van der Waals surface area contributed by atoms with Gasteiger partial charge in [0.15, 0.2) is 0 Å². The van der Waals surface area contributed by atoms with Crippen molar-refractivity contribution < 1.29 is 4.84 Å². The van der Waals surface area contributed by atoms with E-state index in [0.29, 0.717) is 5.41 Å². The van der Waals surface area contributed by atoms with Crippen molar-refractivity contribution >= 4 is 17.1 Å². The summed E-state index contributed by atoms with van der Waals surface area (Å²) in [5.74, 6) is 2.74. The van der Waals surface area contributed by atoms with Crippen LogP contribution >= 0.6 is 0 Å². The van der Waals surface area contributed by atoms with Gasteiger partial charge in [-0.15, -0.1) is 0 Å². The Morgan fingerprint density at radius 1 is 0.889 bits per heavy atom. The second-order valence-corrected chi connectivity index (χ2v) is 9.10. The van der Waals surface area contributed by atoms with Gasteiger partial charge in [0, 0.05) is 11.4 Å². The third-order valence-corrected chi connectivity index (χ3v) is 6.57. The molecule has 0 radical (unpaired) electrons. The van der Waals surface area contributed by atoms with Crippen molar-refractivity contribution in [3.8, 4) is 0 Å². The molecule has 2 unspecified atom stereocenters. The molecule has 0 heterocycles. The molecule has 0 saturated heterocycles. The lowest BCUT2D eigenvalue weighted by Crippen LogP contribution is -2.38. The molecule has 27 heavy (non-hydrogen) atoms. The first kappa shape index (κ1) is 18.4. The lowest BCUT2D eigenvalue weighted by atomic mass is 9.57. The molecule has 2 bridgehead atoms. The Hall–Kier alpha value is -2.00. The van der Waals surface area contributed by atoms with Gasteiger partial charge in [0.2, 0.25) is 0 Å². The molecule has 0 amide bonds. The highest BCUT2D eigenvalue weighted by molar-refractivity contribution is 5.63. The molecule has 2 fully saturated rings. The number of nitrogens with one attached hydrogen (secondary N) is 2. The van der Waals surface area contributed by atoms with Gasteiger partial charge >= 0.3 is 0 Å². The van der Waals surface area contributed by atoms with Crippen LogP contribution in [0.5, 0.6) is 0 Å². The zero-order valence-corrected chi connectivity index (χ0v) is 16.8. The van der Waals surface area contributed by atoms with Crippen LogP contribution in [0.1, 0.15) is 51.5 Å². The second-order valence-electron chi connectivity index (χ2n) is 9.10. The summed E-state index contributed by atoms with van der Waals surface area (Å²) in [6.45, 7) is 4.94. The molecular formula is C24H32N2O. The Bertz CT molecular complexity index is 752. The minimum Gasteiger partial charge on any atom is -0.356 e. The number of rotatable bonds is 5. The Morgan fingerprint density at radius 3 is 2.22 bits per heavy atom. The predicted molar refractivity (Wildman–Crippen MR) is 113 cm³/mol. The van der Waals surface area contributed by atoms with E-state index in [1.54, 1.807) is 7.11 Å². The monoisotopic (exact) mass is 364 g/mol. The van der Waals surface area contributed by atoms with E-state index in [1.165, 1.54) is 43.4 Å². The van der Waals surface area contributed by atoms with Gasteiger partial charge < -0.3 is 5.32 Å².